The van der Waals surface area contributed by atoms with Crippen molar-refractivity contribution in [3.8, 4) is 11.5 Å². The zero-order valence-electron chi connectivity index (χ0n) is 31.5. The molecule has 294 valence electrons. The monoisotopic (exact) mass is 1060 g/mol. The predicted octanol–water partition coefficient (Wildman–Crippen LogP) is 11.7. The smallest absolute Gasteiger partial charge is 0.237 e. The van der Waals surface area contributed by atoms with Crippen LogP contribution in [0.3, 0.4) is 0 Å². The lowest BCUT2D eigenvalue weighted by atomic mass is 9.97. The molecule has 8 bridgehead atoms. The quantitative estimate of drug-likeness (QED) is 0.0679. The van der Waals surface area contributed by atoms with E-state index in [2.05, 4.69) is 106 Å². The van der Waals surface area contributed by atoms with Gasteiger partial charge in [-0.25, -0.2) is 38.9 Å². The van der Waals surface area contributed by atoms with Gasteiger partial charge in [-0.05, 0) is 104 Å². The Morgan fingerprint density at radius 3 is 1.50 bits per heavy atom. The third kappa shape index (κ3) is 4.97. The lowest BCUT2D eigenvalue weighted by Gasteiger charge is -2.20. The summed E-state index contributed by atoms with van der Waals surface area (Å²) in [6.07, 6.45) is 0. The topological polar surface area (TPSA) is 130 Å². The van der Waals surface area contributed by atoms with Crippen LogP contribution in [0.25, 0.3) is 43.1 Å². The van der Waals surface area contributed by atoms with Gasteiger partial charge < -0.3 is 10.2 Å². The van der Waals surface area contributed by atoms with E-state index >= 15 is 0 Å². The highest BCUT2D eigenvalue weighted by Gasteiger charge is 2.45. The molecule has 0 fully saturated rings. The zero-order chi connectivity index (χ0) is 41.8. The average Bonchev–Trinajstić information content (AvgIpc) is 4.02. The number of phenols is 2. The number of aliphatic imine (C=N–C) groups is 7. The molecule has 62 heavy (non-hydrogen) atoms. The van der Waals surface area contributed by atoms with Gasteiger partial charge >= 0.3 is 0 Å². The van der Waals surface area contributed by atoms with Crippen LogP contribution in [0.15, 0.2) is 165 Å². The third-order valence-electron chi connectivity index (χ3n) is 11.9. The fourth-order valence-corrected chi connectivity index (χ4v) is 12.1. The van der Waals surface area contributed by atoms with Crippen molar-refractivity contribution in [2.45, 2.75) is 4.57 Å². The highest BCUT2D eigenvalue weighted by molar-refractivity contribution is 9.11. The van der Waals surface area contributed by atoms with E-state index in [1.807, 2.05) is 66.7 Å². The van der Waals surface area contributed by atoms with E-state index in [1.165, 1.54) is 0 Å². The second-order valence-electron chi connectivity index (χ2n) is 15.3. The maximum atomic E-state index is 12.2. The second-order valence-corrected chi connectivity index (χ2v) is 18.7. The standard InChI is InChI=1S/C48H22Br4N8O2/c49-37-25-13-5-6-14-26(25)38(50)36-35(37)45-55-44-33-34(40(62)28-16-8-7-15-27(28)39(33)61)47(57-44)60(52)46-32-20-24-12-4-3-11-23(24)19-31(32)42(56-46)53-41-29-17-21-9-1-2-10-22(21)18-30(29)43(54-41)58-48(36,51)59-45/h1-20,61-62H. The first-order chi connectivity index (χ1) is 30.1. The number of hydrogen-bond acceptors (Lipinski definition) is 10. The summed E-state index contributed by atoms with van der Waals surface area (Å²) in [6, 6.07) is 39.7. The third-order valence-corrected chi connectivity index (χ3v) is 15.0. The van der Waals surface area contributed by atoms with Gasteiger partial charge in [-0.15, -0.1) is 0 Å². The van der Waals surface area contributed by atoms with E-state index < -0.39 is 4.57 Å². The number of hydrogen-bond donors (Lipinski definition) is 2. The van der Waals surface area contributed by atoms with E-state index in [9.17, 15) is 10.2 Å². The number of amidine groups is 7. The number of fused-ring (bicyclic) bond motifs is 20. The molecule has 1 unspecified atom stereocenters. The minimum atomic E-state index is -1.46. The summed E-state index contributed by atoms with van der Waals surface area (Å²) in [7, 11) is 0. The largest absolute Gasteiger partial charge is 0.507 e. The van der Waals surface area contributed by atoms with Crippen molar-refractivity contribution < 1.29 is 10.2 Å². The highest BCUT2D eigenvalue weighted by Crippen LogP contribution is 2.53. The van der Waals surface area contributed by atoms with Crippen LogP contribution in [-0.4, -0.2) is 55.0 Å². The van der Waals surface area contributed by atoms with E-state index in [-0.39, 0.29) is 40.1 Å². The van der Waals surface area contributed by atoms with Crippen molar-refractivity contribution in [3.05, 3.63) is 175 Å². The van der Waals surface area contributed by atoms with Gasteiger partial charge in [0.1, 0.15) is 11.5 Å². The van der Waals surface area contributed by atoms with Crippen molar-refractivity contribution in [3.63, 3.8) is 0 Å². The van der Waals surface area contributed by atoms with E-state index in [0.29, 0.717) is 45.2 Å². The van der Waals surface area contributed by atoms with Gasteiger partial charge in [0.15, 0.2) is 40.8 Å². The Morgan fingerprint density at radius 2 is 0.871 bits per heavy atom. The SMILES string of the molecule is Oc1c2c(c(O)c3ccccc13)C1=NC2=NC2=NC(Br)(N=C3N=C(N=C4N=C(c5cc6ccccc6cc54)N1Br)c1cc4ccccc4cc13)c1c2c(Br)c2ccccc2c1Br. The van der Waals surface area contributed by atoms with Gasteiger partial charge in [-0.1, -0.05) is 97.1 Å². The summed E-state index contributed by atoms with van der Waals surface area (Å²) in [5.74, 6) is 2.22. The molecule has 14 heteroatoms. The van der Waals surface area contributed by atoms with Crippen LogP contribution in [-0.2, 0) is 4.57 Å². The van der Waals surface area contributed by atoms with Gasteiger partial charge in [-0.3, -0.25) is 0 Å². The maximum Gasteiger partial charge on any atom is 0.237 e. The first-order valence-electron chi connectivity index (χ1n) is 19.4. The fourth-order valence-electron chi connectivity index (χ4n) is 9.06. The van der Waals surface area contributed by atoms with E-state index in [0.717, 1.165) is 63.5 Å². The summed E-state index contributed by atoms with van der Waals surface area (Å²) in [6.45, 7) is 0. The van der Waals surface area contributed by atoms with Gasteiger partial charge in [0.2, 0.25) is 4.57 Å². The Morgan fingerprint density at radius 1 is 0.435 bits per heavy atom. The molecule has 2 N–H and O–H groups in total. The molecular weight excluding hydrogens is 1040 g/mol. The molecule has 0 aliphatic carbocycles. The van der Waals surface area contributed by atoms with Crippen molar-refractivity contribution in [2.75, 3.05) is 0 Å². The number of rotatable bonds is 0. The number of benzene rings is 8. The Kier molecular flexibility index (Phi) is 7.60. The highest BCUT2D eigenvalue weighted by atomic mass is 79.9. The van der Waals surface area contributed by atoms with Gasteiger partial charge in [0.25, 0.3) is 0 Å². The lowest BCUT2D eigenvalue weighted by Crippen LogP contribution is -2.28. The van der Waals surface area contributed by atoms with Crippen molar-refractivity contribution in [1.29, 1.82) is 0 Å². The predicted molar refractivity (Wildman–Crippen MR) is 262 cm³/mol. The van der Waals surface area contributed by atoms with Crippen LogP contribution in [0.1, 0.15) is 44.5 Å². The van der Waals surface area contributed by atoms with Crippen LogP contribution >= 0.6 is 63.9 Å². The van der Waals surface area contributed by atoms with Crippen LogP contribution in [0.4, 0.5) is 0 Å². The molecule has 13 rings (SSSR count). The number of aromatic hydroxyl groups is 2. The Balaban J connectivity index is 1.18. The summed E-state index contributed by atoms with van der Waals surface area (Å²) in [4.78, 5) is 36.6. The normalized spacial score (nSPS) is 18.2. The lowest BCUT2D eigenvalue weighted by molar-refractivity contribution is 0.467. The van der Waals surface area contributed by atoms with E-state index in [4.69, 9.17) is 34.9 Å². The molecule has 0 amide bonds. The van der Waals surface area contributed by atoms with Gasteiger partial charge in [0.05, 0.1) is 27.3 Å². The number of phenolic OH excluding ortho intramolecular Hbond substituents is 2. The minimum Gasteiger partial charge on any atom is -0.507 e. The molecule has 5 aliphatic heterocycles. The van der Waals surface area contributed by atoms with Crippen LogP contribution in [0, 0.1) is 0 Å². The first kappa shape index (κ1) is 36.5. The number of nitrogens with zero attached hydrogens (tertiary/aromatic N) is 8. The maximum absolute atomic E-state index is 12.2. The van der Waals surface area contributed by atoms with Gasteiger partial charge in [-0.2, -0.15) is 0 Å². The second kappa shape index (κ2) is 12.9. The molecule has 0 spiro atoms. The molecule has 0 aromatic heterocycles. The minimum absolute atomic E-state index is 0.0774. The van der Waals surface area contributed by atoms with Crippen LogP contribution in [0.2, 0.25) is 0 Å². The Bertz CT molecular complexity index is 3740. The molecular formula is C48H22Br4N8O2. The van der Waals surface area contributed by atoms with Gasteiger partial charge in [0, 0.05) is 53.1 Å². The zero-order valence-corrected chi connectivity index (χ0v) is 37.9. The molecule has 10 nitrogen and oxygen atoms in total. The Hall–Kier alpha value is -6.19. The Labute approximate surface area is 385 Å². The summed E-state index contributed by atoms with van der Waals surface area (Å²) < 4.78 is 1.69. The van der Waals surface area contributed by atoms with Crippen LogP contribution in [0.5, 0.6) is 11.5 Å². The molecule has 0 radical (unpaired) electrons. The number of halogens is 4. The van der Waals surface area contributed by atoms with Crippen molar-refractivity contribution in [1.82, 2.24) is 3.93 Å². The molecule has 8 aromatic rings. The first-order valence-corrected chi connectivity index (χ1v) is 22.5. The van der Waals surface area contributed by atoms with E-state index in [1.54, 1.807) is 16.1 Å². The molecule has 0 saturated carbocycles. The molecule has 5 heterocycles. The summed E-state index contributed by atoms with van der Waals surface area (Å²) >= 11 is 15.8. The summed E-state index contributed by atoms with van der Waals surface area (Å²) in [5, 5.41) is 31.2. The molecule has 8 aromatic carbocycles. The fraction of sp³-hybridized carbons (Fsp3) is 0.0208. The van der Waals surface area contributed by atoms with Crippen LogP contribution < -0.4 is 0 Å². The molecule has 1 atom stereocenters. The molecule has 0 saturated heterocycles. The summed E-state index contributed by atoms with van der Waals surface area (Å²) in [5.41, 5.74) is 4.98. The van der Waals surface area contributed by atoms with Crippen molar-refractivity contribution in [2.24, 2.45) is 34.9 Å². The molecule has 5 aliphatic rings. The van der Waals surface area contributed by atoms with Crippen molar-refractivity contribution >= 4 is 148 Å². The number of alkyl halides is 1. The average molecular weight is 1060 g/mol.